The Morgan fingerprint density at radius 2 is 2.25 bits per heavy atom. The Balaban J connectivity index is 2.61. The topological polar surface area (TPSA) is 29.5 Å². The van der Waals surface area contributed by atoms with Crippen molar-refractivity contribution in [2.24, 2.45) is 5.92 Å². The van der Waals surface area contributed by atoms with Crippen LogP contribution in [0.2, 0.25) is 0 Å². The molecular weight excluding hydrogens is 200 g/mol. The van der Waals surface area contributed by atoms with E-state index in [0.29, 0.717) is 5.92 Å². The van der Waals surface area contributed by atoms with Crippen LogP contribution >= 0.6 is 0 Å². The van der Waals surface area contributed by atoms with Crippen molar-refractivity contribution in [3.8, 4) is 0 Å². The quantitative estimate of drug-likeness (QED) is 0.700. The lowest BCUT2D eigenvalue weighted by Crippen LogP contribution is -2.26. The molecule has 0 fully saturated rings. The third kappa shape index (κ3) is 3.11. The van der Waals surface area contributed by atoms with Crippen LogP contribution in [0.3, 0.4) is 0 Å². The summed E-state index contributed by atoms with van der Waals surface area (Å²) in [6.45, 7) is 10.7. The summed E-state index contributed by atoms with van der Waals surface area (Å²) < 4.78 is 5.75. The number of aliphatic hydroxyl groups is 1. The van der Waals surface area contributed by atoms with Crippen LogP contribution in [0.1, 0.15) is 46.5 Å². The van der Waals surface area contributed by atoms with Crippen molar-refractivity contribution in [3.05, 3.63) is 24.0 Å². The van der Waals surface area contributed by atoms with Crippen molar-refractivity contribution >= 4 is 0 Å². The van der Waals surface area contributed by atoms with Gasteiger partial charge in [-0.05, 0) is 37.7 Å². The van der Waals surface area contributed by atoms with Crippen molar-refractivity contribution in [1.29, 1.82) is 0 Å². The average Bonchev–Trinajstić information content (AvgIpc) is 2.51. The molecule has 0 radical (unpaired) electrons. The summed E-state index contributed by atoms with van der Waals surface area (Å²) in [5.74, 6) is 1.53. The van der Waals surface area contributed by atoms with Gasteiger partial charge in [-0.3, -0.25) is 0 Å². The molecule has 1 aliphatic rings. The molecule has 1 aliphatic carbocycles. The minimum atomic E-state index is -0.652. The summed E-state index contributed by atoms with van der Waals surface area (Å²) >= 11 is 0. The van der Waals surface area contributed by atoms with Crippen molar-refractivity contribution in [2.75, 3.05) is 6.61 Å². The minimum Gasteiger partial charge on any atom is -0.498 e. The molecule has 0 aromatic heterocycles. The molecule has 0 amide bonds. The molecule has 0 aromatic rings. The van der Waals surface area contributed by atoms with E-state index in [1.54, 1.807) is 0 Å². The highest BCUT2D eigenvalue weighted by molar-refractivity contribution is 5.25. The summed E-state index contributed by atoms with van der Waals surface area (Å²) in [6.07, 6.45) is 5.13. The summed E-state index contributed by atoms with van der Waals surface area (Å²) in [5, 5.41) is 10.4. The molecule has 0 bridgehead atoms. The van der Waals surface area contributed by atoms with Crippen LogP contribution in [0.5, 0.6) is 0 Å². The zero-order valence-corrected chi connectivity index (χ0v) is 10.8. The van der Waals surface area contributed by atoms with E-state index in [1.165, 1.54) is 0 Å². The monoisotopic (exact) mass is 224 g/mol. The molecular formula is C14H24O2. The lowest BCUT2D eigenvalue weighted by molar-refractivity contribution is 0.0710. The highest BCUT2D eigenvalue weighted by Crippen LogP contribution is 2.39. The van der Waals surface area contributed by atoms with Crippen molar-refractivity contribution < 1.29 is 9.84 Å². The zero-order chi connectivity index (χ0) is 12.2. The van der Waals surface area contributed by atoms with Gasteiger partial charge in [0.2, 0.25) is 0 Å². The first-order valence-electron chi connectivity index (χ1n) is 6.16. The summed E-state index contributed by atoms with van der Waals surface area (Å²) in [7, 11) is 0. The fourth-order valence-electron chi connectivity index (χ4n) is 2.06. The van der Waals surface area contributed by atoms with Gasteiger partial charge in [-0.15, -0.1) is 6.58 Å². The number of allylic oxidation sites excluding steroid dienone is 2. The number of hydrogen-bond donors (Lipinski definition) is 1. The minimum absolute atomic E-state index is 0.530. The maximum atomic E-state index is 10.4. The Labute approximate surface area is 99.0 Å². The molecule has 2 nitrogen and oxygen atoms in total. The van der Waals surface area contributed by atoms with E-state index in [9.17, 15) is 5.11 Å². The molecule has 1 unspecified atom stereocenters. The van der Waals surface area contributed by atoms with Crippen LogP contribution in [0, 0.1) is 5.92 Å². The van der Waals surface area contributed by atoms with E-state index < -0.39 is 5.60 Å². The largest absolute Gasteiger partial charge is 0.498 e. The third-order valence-electron chi connectivity index (χ3n) is 3.23. The fourth-order valence-corrected chi connectivity index (χ4v) is 2.06. The summed E-state index contributed by atoms with van der Waals surface area (Å²) in [5.41, 5.74) is 0.371. The number of ether oxygens (including phenoxy) is 1. The molecule has 0 aromatic carbocycles. The first-order valence-corrected chi connectivity index (χ1v) is 6.16. The molecule has 0 saturated heterocycles. The van der Waals surface area contributed by atoms with Crippen molar-refractivity contribution in [1.82, 2.24) is 0 Å². The van der Waals surface area contributed by atoms with E-state index in [1.807, 2.05) is 13.0 Å². The standard InChI is InChI=1S/C14H24O2/c1-5-6-8-14(15)9-7-13(12(14)4)16-10-11(2)3/h5,11,15H,1,6-10H2,2-4H3. The Kier molecular flexibility index (Phi) is 4.60. The molecule has 92 valence electrons. The predicted octanol–water partition coefficient (Wildman–Crippen LogP) is 3.42. The maximum absolute atomic E-state index is 10.4. The summed E-state index contributed by atoms with van der Waals surface area (Å²) in [6, 6.07) is 0. The molecule has 1 atom stereocenters. The van der Waals surface area contributed by atoms with Crippen LogP contribution < -0.4 is 0 Å². The molecule has 1 N–H and O–H groups in total. The van der Waals surface area contributed by atoms with E-state index in [0.717, 1.165) is 43.6 Å². The Morgan fingerprint density at radius 1 is 1.56 bits per heavy atom. The van der Waals surface area contributed by atoms with Gasteiger partial charge in [0.25, 0.3) is 0 Å². The molecule has 0 spiro atoms. The highest BCUT2D eigenvalue weighted by Gasteiger charge is 2.36. The van der Waals surface area contributed by atoms with E-state index in [-0.39, 0.29) is 0 Å². The average molecular weight is 224 g/mol. The fraction of sp³-hybridized carbons (Fsp3) is 0.714. The molecule has 0 heterocycles. The predicted molar refractivity (Wildman–Crippen MR) is 67.1 cm³/mol. The second-order valence-corrected chi connectivity index (χ2v) is 5.11. The first kappa shape index (κ1) is 13.3. The van der Waals surface area contributed by atoms with Crippen molar-refractivity contribution in [2.45, 2.75) is 52.1 Å². The molecule has 16 heavy (non-hydrogen) atoms. The van der Waals surface area contributed by atoms with Crippen LogP contribution in [0.15, 0.2) is 24.0 Å². The number of rotatable bonds is 6. The van der Waals surface area contributed by atoms with Gasteiger partial charge in [-0.1, -0.05) is 19.9 Å². The van der Waals surface area contributed by atoms with Crippen LogP contribution in [0.25, 0.3) is 0 Å². The van der Waals surface area contributed by atoms with Crippen molar-refractivity contribution in [3.63, 3.8) is 0 Å². The van der Waals surface area contributed by atoms with Gasteiger partial charge in [0, 0.05) is 6.42 Å². The van der Waals surface area contributed by atoms with Gasteiger partial charge >= 0.3 is 0 Å². The summed E-state index contributed by atoms with van der Waals surface area (Å²) in [4.78, 5) is 0. The van der Waals surface area contributed by atoms with Gasteiger partial charge in [0.1, 0.15) is 0 Å². The van der Waals surface area contributed by atoms with Crippen LogP contribution in [-0.4, -0.2) is 17.3 Å². The van der Waals surface area contributed by atoms with Gasteiger partial charge in [-0.2, -0.15) is 0 Å². The van der Waals surface area contributed by atoms with Crippen LogP contribution in [-0.2, 0) is 4.74 Å². The maximum Gasteiger partial charge on any atom is 0.0978 e. The first-order chi connectivity index (χ1) is 7.49. The smallest absolute Gasteiger partial charge is 0.0978 e. The second-order valence-electron chi connectivity index (χ2n) is 5.11. The second kappa shape index (κ2) is 5.53. The lowest BCUT2D eigenvalue weighted by atomic mass is 9.91. The zero-order valence-electron chi connectivity index (χ0n) is 10.8. The molecule has 2 heteroatoms. The van der Waals surface area contributed by atoms with Gasteiger partial charge in [0.15, 0.2) is 0 Å². The van der Waals surface area contributed by atoms with E-state index in [4.69, 9.17) is 4.74 Å². The van der Waals surface area contributed by atoms with Gasteiger partial charge < -0.3 is 9.84 Å². The molecule has 1 rings (SSSR count). The van der Waals surface area contributed by atoms with Gasteiger partial charge in [0.05, 0.1) is 18.0 Å². The highest BCUT2D eigenvalue weighted by atomic mass is 16.5. The normalized spacial score (nSPS) is 25.3. The lowest BCUT2D eigenvalue weighted by Gasteiger charge is -2.23. The molecule has 0 aliphatic heterocycles. The van der Waals surface area contributed by atoms with E-state index >= 15 is 0 Å². The Hall–Kier alpha value is -0.760. The SMILES string of the molecule is C=CCCC1(O)CCC(OCC(C)C)=C1C. The van der Waals surface area contributed by atoms with Crippen LogP contribution in [0.4, 0.5) is 0 Å². The Bertz CT molecular complexity index is 278. The third-order valence-corrected chi connectivity index (χ3v) is 3.23. The molecule has 0 saturated carbocycles. The van der Waals surface area contributed by atoms with Gasteiger partial charge in [-0.25, -0.2) is 0 Å². The van der Waals surface area contributed by atoms with E-state index in [2.05, 4.69) is 20.4 Å². The number of hydrogen-bond acceptors (Lipinski definition) is 2. The Morgan fingerprint density at radius 3 is 2.81 bits per heavy atom.